The fourth-order valence-electron chi connectivity index (χ4n) is 0.596. The van der Waals surface area contributed by atoms with Gasteiger partial charge in [-0.1, -0.05) is 11.8 Å². The summed E-state index contributed by atoms with van der Waals surface area (Å²) in [5.41, 5.74) is 0. The van der Waals surface area contributed by atoms with Gasteiger partial charge in [-0.25, -0.2) is 4.98 Å². The third-order valence-corrected chi connectivity index (χ3v) is 1.94. The molecule has 66 valence electrons. The van der Waals surface area contributed by atoms with E-state index in [-0.39, 0.29) is 0 Å². The van der Waals surface area contributed by atoms with Crippen LogP contribution in [0.4, 0.5) is 8.78 Å². The number of rotatable bonds is 4. The van der Waals surface area contributed by atoms with Crippen LogP contribution in [0, 0.1) is 0 Å². The fourth-order valence-corrected chi connectivity index (χ4v) is 1.27. The van der Waals surface area contributed by atoms with E-state index in [9.17, 15) is 8.78 Å². The second kappa shape index (κ2) is 4.92. The number of halogens is 2. The van der Waals surface area contributed by atoms with Crippen LogP contribution in [0.15, 0.2) is 34.3 Å². The van der Waals surface area contributed by atoms with Crippen LogP contribution in [0.2, 0.25) is 0 Å². The van der Waals surface area contributed by atoms with E-state index in [0.29, 0.717) is 17.4 Å². The minimum atomic E-state index is -1.64. The highest BCUT2D eigenvalue weighted by Gasteiger charge is 1.96. The maximum atomic E-state index is 11.5. The van der Waals surface area contributed by atoms with E-state index < -0.39 is 6.08 Å². The average molecular weight is 191 g/mol. The lowest BCUT2D eigenvalue weighted by atomic mass is 10.5. The SMILES string of the molecule is FC(F)=CCCSc1ncco1. The topological polar surface area (TPSA) is 26.0 Å². The number of nitrogens with zero attached hydrogens (tertiary/aromatic N) is 1. The zero-order chi connectivity index (χ0) is 8.81. The number of aromatic nitrogens is 1. The van der Waals surface area contributed by atoms with Crippen molar-refractivity contribution in [2.24, 2.45) is 0 Å². The molecule has 1 heterocycles. The number of thioether (sulfide) groups is 1. The predicted molar refractivity (Wildman–Crippen MR) is 42.1 cm³/mol. The second-order valence-corrected chi connectivity index (χ2v) is 2.98. The van der Waals surface area contributed by atoms with Gasteiger partial charge in [-0.2, -0.15) is 8.78 Å². The lowest BCUT2D eigenvalue weighted by Crippen LogP contribution is -1.76. The minimum absolute atomic E-state index is 0.329. The number of allylic oxidation sites excluding steroid dienone is 1. The van der Waals surface area contributed by atoms with Crippen LogP contribution in [0.3, 0.4) is 0 Å². The molecule has 1 aromatic rings. The normalized spacial score (nSPS) is 9.83. The molecule has 0 N–H and O–H groups in total. The van der Waals surface area contributed by atoms with Crippen molar-refractivity contribution in [2.45, 2.75) is 11.6 Å². The molecule has 5 heteroatoms. The van der Waals surface area contributed by atoms with Crippen LogP contribution in [-0.2, 0) is 0 Å². The Bertz CT molecular complexity index is 244. The molecule has 2 nitrogen and oxygen atoms in total. The largest absolute Gasteiger partial charge is 0.440 e. The van der Waals surface area contributed by atoms with Gasteiger partial charge in [0.15, 0.2) is 0 Å². The van der Waals surface area contributed by atoms with Crippen LogP contribution in [-0.4, -0.2) is 10.7 Å². The quantitative estimate of drug-likeness (QED) is 0.540. The van der Waals surface area contributed by atoms with E-state index in [1.807, 2.05) is 0 Å². The molecule has 0 radical (unpaired) electrons. The monoisotopic (exact) mass is 191 g/mol. The molecule has 0 aliphatic carbocycles. The van der Waals surface area contributed by atoms with Gasteiger partial charge >= 0.3 is 0 Å². The van der Waals surface area contributed by atoms with Crippen molar-refractivity contribution in [3.05, 3.63) is 24.6 Å². The minimum Gasteiger partial charge on any atom is -0.440 e. The molecule has 0 amide bonds. The maximum absolute atomic E-state index is 11.5. The Morgan fingerprint density at radius 2 is 2.50 bits per heavy atom. The van der Waals surface area contributed by atoms with Gasteiger partial charge in [0, 0.05) is 5.75 Å². The van der Waals surface area contributed by atoms with Gasteiger partial charge in [0.2, 0.25) is 0 Å². The fraction of sp³-hybridized carbons (Fsp3) is 0.286. The molecule has 1 aromatic heterocycles. The van der Waals surface area contributed by atoms with E-state index >= 15 is 0 Å². The van der Waals surface area contributed by atoms with Crippen LogP contribution in [0.5, 0.6) is 0 Å². The van der Waals surface area contributed by atoms with Crippen molar-refractivity contribution >= 4 is 11.8 Å². The van der Waals surface area contributed by atoms with Gasteiger partial charge in [0.25, 0.3) is 11.3 Å². The Morgan fingerprint density at radius 3 is 3.08 bits per heavy atom. The Morgan fingerprint density at radius 1 is 1.67 bits per heavy atom. The Balaban J connectivity index is 2.16. The molecular formula is C7H7F2NOS. The highest BCUT2D eigenvalue weighted by atomic mass is 32.2. The summed E-state index contributed by atoms with van der Waals surface area (Å²) in [6.07, 6.45) is 2.55. The van der Waals surface area contributed by atoms with Gasteiger partial charge in [0.05, 0.1) is 6.20 Å². The van der Waals surface area contributed by atoms with Crippen molar-refractivity contribution in [1.82, 2.24) is 4.98 Å². The summed E-state index contributed by atoms with van der Waals surface area (Å²) in [7, 11) is 0. The third kappa shape index (κ3) is 3.52. The standard InChI is InChI=1S/C7H7F2NOS/c8-6(9)2-1-5-12-7-10-3-4-11-7/h2-4H,1,5H2. The van der Waals surface area contributed by atoms with E-state index in [0.717, 1.165) is 6.08 Å². The first-order chi connectivity index (χ1) is 5.79. The predicted octanol–water partition coefficient (Wildman–Crippen LogP) is 2.94. The number of hydrogen-bond acceptors (Lipinski definition) is 3. The summed E-state index contributed by atoms with van der Waals surface area (Å²) in [5, 5.41) is 0.516. The van der Waals surface area contributed by atoms with E-state index in [2.05, 4.69) is 4.98 Å². The molecule has 0 aromatic carbocycles. The lowest BCUT2D eigenvalue weighted by molar-refractivity contribution is 0.418. The maximum Gasteiger partial charge on any atom is 0.266 e. The molecule has 0 atom stereocenters. The molecular weight excluding hydrogens is 184 g/mol. The summed E-state index contributed by atoms with van der Waals surface area (Å²) < 4.78 is 27.9. The molecule has 12 heavy (non-hydrogen) atoms. The molecule has 0 bridgehead atoms. The number of hydrogen-bond donors (Lipinski definition) is 0. The first kappa shape index (κ1) is 9.25. The van der Waals surface area contributed by atoms with Gasteiger partial charge in [0.1, 0.15) is 6.26 Å². The Kier molecular flexibility index (Phi) is 3.79. The van der Waals surface area contributed by atoms with Crippen LogP contribution in [0.1, 0.15) is 6.42 Å². The second-order valence-electron chi connectivity index (χ2n) is 1.93. The highest BCUT2D eigenvalue weighted by molar-refractivity contribution is 7.99. The third-order valence-electron chi connectivity index (χ3n) is 1.05. The zero-order valence-corrected chi connectivity index (χ0v) is 6.98. The van der Waals surface area contributed by atoms with Crippen LogP contribution < -0.4 is 0 Å². The number of oxazole rings is 1. The van der Waals surface area contributed by atoms with Crippen molar-refractivity contribution in [1.29, 1.82) is 0 Å². The smallest absolute Gasteiger partial charge is 0.266 e. The van der Waals surface area contributed by atoms with Gasteiger partial charge in [-0.15, -0.1) is 0 Å². The summed E-state index contributed by atoms with van der Waals surface area (Å²) >= 11 is 1.31. The lowest BCUT2D eigenvalue weighted by Gasteiger charge is -1.90. The van der Waals surface area contributed by atoms with Crippen molar-refractivity contribution in [3.8, 4) is 0 Å². The van der Waals surface area contributed by atoms with Crippen LogP contribution in [0.25, 0.3) is 0 Å². The molecule has 1 rings (SSSR count). The summed E-state index contributed by atoms with van der Waals surface area (Å²) in [6.45, 7) is 0. The summed E-state index contributed by atoms with van der Waals surface area (Å²) in [4.78, 5) is 3.82. The molecule has 0 aliphatic rings. The molecule has 0 unspecified atom stereocenters. The summed E-state index contributed by atoms with van der Waals surface area (Å²) in [5.74, 6) is 0.553. The molecule has 0 aliphatic heterocycles. The Hall–Kier alpha value is -0.840. The van der Waals surface area contributed by atoms with E-state index in [1.54, 1.807) is 0 Å². The highest BCUT2D eigenvalue weighted by Crippen LogP contribution is 2.16. The average Bonchev–Trinajstić information content (AvgIpc) is 2.49. The first-order valence-electron chi connectivity index (χ1n) is 3.32. The molecule has 0 saturated carbocycles. The Labute approximate surface area is 72.7 Å². The summed E-state index contributed by atoms with van der Waals surface area (Å²) in [6, 6.07) is 0. The molecule has 0 fully saturated rings. The zero-order valence-electron chi connectivity index (χ0n) is 6.17. The van der Waals surface area contributed by atoms with Crippen molar-refractivity contribution < 1.29 is 13.2 Å². The molecule has 0 spiro atoms. The van der Waals surface area contributed by atoms with Gasteiger partial charge in [-0.3, -0.25) is 0 Å². The van der Waals surface area contributed by atoms with Gasteiger partial charge in [-0.05, 0) is 12.5 Å². The first-order valence-corrected chi connectivity index (χ1v) is 4.31. The molecule has 0 saturated heterocycles. The van der Waals surface area contributed by atoms with E-state index in [1.165, 1.54) is 24.2 Å². The van der Waals surface area contributed by atoms with E-state index in [4.69, 9.17) is 4.42 Å². The van der Waals surface area contributed by atoms with Crippen LogP contribution >= 0.6 is 11.8 Å². The van der Waals surface area contributed by atoms with Crippen molar-refractivity contribution in [2.75, 3.05) is 5.75 Å². The van der Waals surface area contributed by atoms with Gasteiger partial charge < -0.3 is 4.42 Å². The van der Waals surface area contributed by atoms with Crippen molar-refractivity contribution in [3.63, 3.8) is 0 Å².